The van der Waals surface area contributed by atoms with Gasteiger partial charge in [-0.05, 0) is 18.9 Å². The van der Waals surface area contributed by atoms with Crippen molar-refractivity contribution in [1.29, 1.82) is 0 Å². The second-order valence-corrected chi connectivity index (χ2v) is 7.50. The molecule has 0 radical (unpaired) electrons. The molecule has 0 spiro atoms. The van der Waals surface area contributed by atoms with E-state index in [2.05, 4.69) is 9.71 Å². The van der Waals surface area contributed by atoms with Crippen molar-refractivity contribution in [2.45, 2.75) is 30.3 Å². The molecule has 0 saturated heterocycles. The lowest BCUT2D eigenvalue weighted by atomic mass is 10.4. The minimum Gasteiger partial charge on any atom is -0.477 e. The van der Waals surface area contributed by atoms with Crippen molar-refractivity contribution in [3.8, 4) is 0 Å². The number of nitrogens with zero attached hydrogens (tertiary/aromatic N) is 2. The molecule has 2 heterocycles. The van der Waals surface area contributed by atoms with Gasteiger partial charge in [-0.15, -0.1) is 11.3 Å². The minimum absolute atomic E-state index is 0.00660. The quantitative estimate of drug-likeness (QED) is 0.836. The maximum absolute atomic E-state index is 12.2. The number of rotatable bonds is 6. The minimum atomic E-state index is -3.74. The molecule has 1 fully saturated rings. The molecule has 21 heavy (non-hydrogen) atoms. The van der Waals surface area contributed by atoms with Crippen LogP contribution in [0.4, 0.5) is 0 Å². The third kappa shape index (κ3) is 2.99. The summed E-state index contributed by atoms with van der Waals surface area (Å²) in [6.45, 7) is 0.0943. The Hall–Kier alpha value is -1.71. The highest BCUT2D eigenvalue weighted by molar-refractivity contribution is 7.89. The van der Waals surface area contributed by atoms with Gasteiger partial charge in [0.05, 0.1) is 6.54 Å². The average molecular weight is 327 g/mol. The van der Waals surface area contributed by atoms with Crippen LogP contribution < -0.4 is 4.72 Å². The van der Waals surface area contributed by atoms with Crippen molar-refractivity contribution in [2.24, 2.45) is 0 Å². The lowest BCUT2D eigenvalue weighted by molar-refractivity contribution is 0.0685. The largest absolute Gasteiger partial charge is 0.477 e. The molecule has 1 aliphatic rings. The van der Waals surface area contributed by atoms with Gasteiger partial charge in [-0.25, -0.2) is 22.9 Å². The zero-order valence-corrected chi connectivity index (χ0v) is 12.5. The van der Waals surface area contributed by atoms with Crippen LogP contribution in [0.3, 0.4) is 0 Å². The third-order valence-electron chi connectivity index (χ3n) is 3.19. The van der Waals surface area contributed by atoms with Gasteiger partial charge in [-0.3, -0.25) is 0 Å². The summed E-state index contributed by atoms with van der Waals surface area (Å²) >= 11 is 1.35. The maximum atomic E-state index is 12.2. The van der Waals surface area contributed by atoms with E-state index in [0.717, 1.165) is 12.8 Å². The molecule has 0 aromatic carbocycles. The van der Waals surface area contributed by atoms with Crippen LogP contribution in [0, 0.1) is 0 Å². The molecule has 0 unspecified atom stereocenters. The van der Waals surface area contributed by atoms with Gasteiger partial charge in [0.1, 0.15) is 15.6 Å². The van der Waals surface area contributed by atoms with Gasteiger partial charge in [0.25, 0.3) is 0 Å². The van der Waals surface area contributed by atoms with E-state index >= 15 is 0 Å². The van der Waals surface area contributed by atoms with Gasteiger partial charge in [0.15, 0.2) is 0 Å². The summed E-state index contributed by atoms with van der Waals surface area (Å²) in [7, 11) is -3.74. The normalized spacial score (nSPS) is 15.2. The fourth-order valence-corrected chi connectivity index (χ4v) is 3.67. The second-order valence-electron chi connectivity index (χ2n) is 4.76. The number of carbonyl (C=O) groups is 1. The summed E-state index contributed by atoms with van der Waals surface area (Å²) in [6, 6.07) is 1.30. The first-order valence-electron chi connectivity index (χ1n) is 6.30. The molecular formula is C12H13N3O4S2. The Labute approximate surface area is 125 Å². The van der Waals surface area contributed by atoms with E-state index in [1.54, 1.807) is 11.6 Å². The monoisotopic (exact) mass is 327 g/mol. The molecular weight excluding hydrogens is 314 g/mol. The molecule has 112 valence electrons. The molecule has 9 heteroatoms. The molecule has 0 aliphatic heterocycles. The summed E-state index contributed by atoms with van der Waals surface area (Å²) in [6.07, 6.45) is 4.74. The summed E-state index contributed by atoms with van der Waals surface area (Å²) in [5.41, 5.74) is 0.00660. The zero-order valence-electron chi connectivity index (χ0n) is 10.9. The molecule has 3 rings (SSSR count). The Balaban J connectivity index is 1.84. The molecule has 7 nitrogen and oxygen atoms in total. The van der Waals surface area contributed by atoms with Crippen molar-refractivity contribution in [3.63, 3.8) is 0 Å². The number of hydrogen-bond donors (Lipinski definition) is 2. The van der Waals surface area contributed by atoms with E-state index in [0.29, 0.717) is 5.01 Å². The SMILES string of the molecule is O=C(O)c1cc(S(=O)(=O)NCc2nccs2)cn1C1CC1. The Kier molecular flexibility index (Phi) is 3.56. The van der Waals surface area contributed by atoms with Gasteiger partial charge in [0, 0.05) is 23.8 Å². The lowest BCUT2D eigenvalue weighted by Gasteiger charge is -2.03. The first-order chi connectivity index (χ1) is 9.97. The fraction of sp³-hybridized carbons (Fsp3) is 0.333. The number of sulfonamides is 1. The Morgan fingerprint density at radius 1 is 1.52 bits per heavy atom. The molecule has 0 amide bonds. The van der Waals surface area contributed by atoms with E-state index < -0.39 is 16.0 Å². The molecule has 0 bridgehead atoms. The number of thiazole rings is 1. The van der Waals surface area contributed by atoms with Crippen LogP contribution in [-0.2, 0) is 16.6 Å². The van der Waals surface area contributed by atoms with Gasteiger partial charge >= 0.3 is 5.97 Å². The first-order valence-corrected chi connectivity index (χ1v) is 8.67. The smallest absolute Gasteiger partial charge is 0.352 e. The molecule has 2 N–H and O–H groups in total. The van der Waals surface area contributed by atoms with Crippen LogP contribution >= 0.6 is 11.3 Å². The first kappa shape index (κ1) is 14.2. The van der Waals surface area contributed by atoms with Crippen LogP contribution in [0.2, 0.25) is 0 Å². The highest BCUT2D eigenvalue weighted by Gasteiger charge is 2.30. The van der Waals surface area contributed by atoms with Crippen LogP contribution in [-0.4, -0.2) is 29.0 Å². The molecule has 1 saturated carbocycles. The molecule has 2 aromatic heterocycles. The van der Waals surface area contributed by atoms with Gasteiger partial charge in [0.2, 0.25) is 10.0 Å². The predicted octanol–water partition coefficient (Wildman–Crippen LogP) is 1.46. The van der Waals surface area contributed by atoms with Crippen molar-refractivity contribution in [1.82, 2.24) is 14.3 Å². The van der Waals surface area contributed by atoms with E-state index in [4.69, 9.17) is 5.11 Å². The zero-order chi connectivity index (χ0) is 15.0. The van der Waals surface area contributed by atoms with E-state index in [1.165, 1.54) is 28.2 Å². The van der Waals surface area contributed by atoms with E-state index in [9.17, 15) is 13.2 Å². The van der Waals surface area contributed by atoms with Crippen molar-refractivity contribution in [2.75, 3.05) is 0 Å². The number of hydrogen-bond acceptors (Lipinski definition) is 5. The Morgan fingerprint density at radius 3 is 2.86 bits per heavy atom. The van der Waals surface area contributed by atoms with Crippen molar-refractivity contribution < 1.29 is 18.3 Å². The number of nitrogens with one attached hydrogen (secondary N) is 1. The fourth-order valence-electron chi connectivity index (χ4n) is 2.01. The number of aromatic nitrogens is 2. The number of carboxylic acids is 1. The highest BCUT2D eigenvalue weighted by Crippen LogP contribution is 2.37. The summed E-state index contributed by atoms with van der Waals surface area (Å²) < 4.78 is 28.4. The average Bonchev–Trinajstić information content (AvgIpc) is 2.97. The predicted molar refractivity (Wildman–Crippen MR) is 75.8 cm³/mol. The van der Waals surface area contributed by atoms with Crippen LogP contribution in [0.1, 0.15) is 34.4 Å². The standard InChI is InChI=1S/C12H13N3O4S2/c16-12(17)10-5-9(7-15(10)8-1-2-8)21(18,19)14-6-11-13-3-4-20-11/h3-5,7-8,14H,1-2,6H2,(H,16,17). The molecule has 2 aromatic rings. The number of carboxylic acid groups (broad SMARTS) is 1. The summed E-state index contributed by atoms with van der Waals surface area (Å²) in [5, 5.41) is 11.6. The van der Waals surface area contributed by atoms with E-state index in [-0.39, 0.29) is 23.2 Å². The highest BCUT2D eigenvalue weighted by atomic mass is 32.2. The van der Waals surface area contributed by atoms with Gasteiger partial charge < -0.3 is 9.67 Å². The topological polar surface area (TPSA) is 101 Å². The lowest BCUT2D eigenvalue weighted by Crippen LogP contribution is -2.22. The molecule has 0 atom stereocenters. The summed E-state index contributed by atoms with van der Waals surface area (Å²) in [4.78, 5) is 15.2. The number of aromatic carboxylic acids is 1. The van der Waals surface area contributed by atoms with E-state index in [1.807, 2.05) is 0 Å². The van der Waals surface area contributed by atoms with Crippen LogP contribution in [0.25, 0.3) is 0 Å². The van der Waals surface area contributed by atoms with Gasteiger partial charge in [-0.1, -0.05) is 0 Å². The summed E-state index contributed by atoms with van der Waals surface area (Å²) in [5.74, 6) is -1.12. The maximum Gasteiger partial charge on any atom is 0.352 e. The van der Waals surface area contributed by atoms with Crippen LogP contribution in [0.15, 0.2) is 28.7 Å². The van der Waals surface area contributed by atoms with Gasteiger partial charge in [-0.2, -0.15) is 0 Å². The van der Waals surface area contributed by atoms with Crippen molar-refractivity contribution in [3.05, 3.63) is 34.5 Å². The third-order valence-corrected chi connectivity index (χ3v) is 5.34. The Morgan fingerprint density at radius 2 is 2.29 bits per heavy atom. The molecule has 1 aliphatic carbocycles. The second kappa shape index (κ2) is 5.24. The Bertz CT molecular complexity index is 761. The van der Waals surface area contributed by atoms with Crippen molar-refractivity contribution >= 4 is 27.3 Å². The van der Waals surface area contributed by atoms with Crippen LogP contribution in [0.5, 0.6) is 0 Å².